The molecule has 1 heterocycles. The third-order valence-corrected chi connectivity index (χ3v) is 23.8. The fourth-order valence-electron chi connectivity index (χ4n) is 8.38. The molecule has 1 unspecified atom stereocenters. The minimum absolute atomic E-state index is 0.0424. The van der Waals surface area contributed by atoms with E-state index in [2.05, 4.69) is 125 Å². The van der Waals surface area contributed by atoms with Crippen molar-refractivity contribution in [2.24, 2.45) is 23.7 Å². The van der Waals surface area contributed by atoms with Crippen LogP contribution in [0.3, 0.4) is 0 Å². The van der Waals surface area contributed by atoms with Crippen LogP contribution in [-0.2, 0) is 24.8 Å². The topological polar surface area (TPSA) is 124 Å². The maximum absolute atomic E-state index is 14.5. The Morgan fingerprint density at radius 3 is 2.14 bits per heavy atom. The Hall–Kier alpha value is -2.81. The van der Waals surface area contributed by atoms with Crippen LogP contribution in [0.2, 0.25) is 34.8 Å². The van der Waals surface area contributed by atoms with E-state index in [1.54, 1.807) is 14.0 Å². The second kappa shape index (κ2) is 22.9. The number of benzene rings is 1. The first-order valence-corrected chi connectivity index (χ1v) is 27.2. The molecule has 59 heavy (non-hydrogen) atoms. The lowest BCUT2D eigenvalue weighted by Crippen LogP contribution is -2.51. The standard InChI is InChI=1S/C48H81NO8Si2/c1-18-23-40(50)36(10)46(52)49-27-22-21-25-35(9)45(57-58(16,17)48(12,13)14)37(11)42-26-20-19-24-34(8)43(56-59(31(2)3,32(4)5)33(6)7)29-38-28-39(54-15)30-41(51)44(38)47(53)55-42/h28,30-37,40,42-43,45,50-51H,18,23-27,29H2,1-17H3,(H,49,52)/t34-,35+,36+,37+,40-,42-,43?,45+/m0/s1. The first-order chi connectivity index (χ1) is 27.4. The van der Waals surface area contributed by atoms with Crippen LogP contribution >= 0.6 is 0 Å². The number of carbonyl (C=O) groups is 2. The predicted octanol–water partition coefficient (Wildman–Crippen LogP) is 10.4. The molecule has 0 saturated heterocycles. The second-order valence-corrected chi connectivity index (χ2v) is 29.8. The molecule has 3 N–H and O–H groups in total. The fraction of sp³-hybridized carbons (Fsp3) is 0.750. The molecule has 0 aromatic heterocycles. The molecule has 1 aromatic rings. The summed E-state index contributed by atoms with van der Waals surface area (Å²) in [5.41, 5.74) is 1.84. The van der Waals surface area contributed by atoms with E-state index in [1.165, 1.54) is 6.07 Å². The highest BCUT2D eigenvalue weighted by Crippen LogP contribution is 2.45. The van der Waals surface area contributed by atoms with E-state index in [-0.39, 0.29) is 58.8 Å². The minimum atomic E-state index is -2.34. The molecule has 8 atom stereocenters. The number of fused-ring (bicyclic) bond motifs is 1. The van der Waals surface area contributed by atoms with Gasteiger partial charge in [-0.15, -0.1) is 11.8 Å². The van der Waals surface area contributed by atoms with Gasteiger partial charge in [-0.1, -0.05) is 115 Å². The van der Waals surface area contributed by atoms with Gasteiger partial charge in [0.05, 0.1) is 37.9 Å². The first-order valence-electron chi connectivity index (χ1n) is 22.2. The molecule has 1 aliphatic rings. The summed E-state index contributed by atoms with van der Waals surface area (Å²) in [7, 11) is -3.13. The van der Waals surface area contributed by atoms with Gasteiger partial charge in [0.1, 0.15) is 23.2 Å². The zero-order valence-electron chi connectivity index (χ0n) is 39.8. The number of methoxy groups -OCH3 is 1. The fourth-order valence-corrected chi connectivity index (χ4v) is 15.5. The largest absolute Gasteiger partial charge is 0.507 e. The van der Waals surface area contributed by atoms with Crippen LogP contribution < -0.4 is 10.1 Å². The Bertz CT molecular complexity index is 1620. The lowest BCUT2D eigenvalue weighted by atomic mass is 9.86. The van der Waals surface area contributed by atoms with E-state index >= 15 is 0 Å². The van der Waals surface area contributed by atoms with Gasteiger partial charge < -0.3 is 33.9 Å². The molecule has 0 spiro atoms. The van der Waals surface area contributed by atoms with E-state index in [0.717, 1.165) is 6.42 Å². The van der Waals surface area contributed by atoms with Crippen molar-refractivity contribution in [3.63, 3.8) is 0 Å². The van der Waals surface area contributed by atoms with Crippen molar-refractivity contribution in [2.75, 3.05) is 13.7 Å². The molecule has 11 heteroatoms. The molecule has 1 aliphatic heterocycles. The molecule has 1 amide bonds. The molecular weight excluding hydrogens is 775 g/mol. The summed E-state index contributed by atoms with van der Waals surface area (Å²) in [6, 6.07) is 3.30. The van der Waals surface area contributed by atoms with Gasteiger partial charge in [0.15, 0.2) is 8.32 Å². The van der Waals surface area contributed by atoms with Crippen LogP contribution in [0, 0.1) is 47.4 Å². The van der Waals surface area contributed by atoms with Gasteiger partial charge in [0, 0.05) is 31.2 Å². The number of aliphatic hydroxyl groups excluding tert-OH is 1. The van der Waals surface area contributed by atoms with E-state index in [1.807, 2.05) is 13.0 Å². The smallest absolute Gasteiger partial charge is 0.342 e. The van der Waals surface area contributed by atoms with Crippen molar-refractivity contribution in [3.05, 3.63) is 23.3 Å². The SMILES string of the molecule is CCC[C@H](O)[C@@H](C)C(=O)NCC#CC[C@@H](C)[C@@H](O[Si](C)(C)C(C)(C)C)[C@H](C)[C@@H]1CC#CC[C@H](C)C(O[Si](C(C)C)(C(C)C)C(C)C)Cc2cc(OC)cc(O)c2C(=O)O1. The van der Waals surface area contributed by atoms with Crippen LogP contribution in [0.25, 0.3) is 0 Å². The molecule has 0 aliphatic carbocycles. The van der Waals surface area contributed by atoms with Crippen molar-refractivity contribution in [1.29, 1.82) is 0 Å². The number of esters is 1. The number of phenolic OH excluding ortho intramolecular Hbond substituents is 1. The van der Waals surface area contributed by atoms with Gasteiger partial charge in [0.2, 0.25) is 14.2 Å². The van der Waals surface area contributed by atoms with Gasteiger partial charge in [-0.25, -0.2) is 4.79 Å². The third-order valence-electron chi connectivity index (χ3n) is 13.2. The minimum Gasteiger partial charge on any atom is -0.507 e. The Morgan fingerprint density at radius 2 is 1.59 bits per heavy atom. The molecule has 334 valence electrons. The third kappa shape index (κ3) is 13.8. The monoisotopic (exact) mass is 856 g/mol. The lowest BCUT2D eigenvalue weighted by Gasteiger charge is -2.46. The van der Waals surface area contributed by atoms with Crippen molar-refractivity contribution in [1.82, 2.24) is 5.32 Å². The van der Waals surface area contributed by atoms with Crippen molar-refractivity contribution >= 4 is 28.5 Å². The molecule has 9 nitrogen and oxygen atoms in total. The predicted molar refractivity (Wildman–Crippen MR) is 246 cm³/mol. The van der Waals surface area contributed by atoms with Crippen LogP contribution in [0.15, 0.2) is 12.1 Å². The zero-order valence-corrected chi connectivity index (χ0v) is 41.8. The van der Waals surface area contributed by atoms with E-state index < -0.39 is 40.7 Å². The number of cyclic esters (lactones) is 1. The number of hydrogen-bond acceptors (Lipinski definition) is 8. The molecule has 1 aromatic carbocycles. The summed E-state index contributed by atoms with van der Waals surface area (Å²) in [6.07, 6.45) is 1.25. The Morgan fingerprint density at radius 1 is 1.00 bits per heavy atom. The van der Waals surface area contributed by atoms with Gasteiger partial charge in [0.25, 0.3) is 0 Å². The molecule has 0 saturated carbocycles. The Balaban J connectivity index is 2.60. The number of ether oxygens (including phenoxy) is 2. The van der Waals surface area contributed by atoms with E-state index in [4.69, 9.17) is 18.3 Å². The number of hydrogen-bond donors (Lipinski definition) is 3. The van der Waals surface area contributed by atoms with Gasteiger partial charge in [-0.2, -0.15) is 0 Å². The number of nitrogens with one attached hydrogen (secondary N) is 1. The van der Waals surface area contributed by atoms with Crippen LogP contribution in [0.4, 0.5) is 0 Å². The zero-order chi connectivity index (χ0) is 45.0. The second-order valence-electron chi connectivity index (χ2n) is 19.6. The normalized spacial score (nSPS) is 20.7. The number of aromatic hydroxyl groups is 1. The lowest BCUT2D eigenvalue weighted by molar-refractivity contribution is -0.127. The Labute approximate surface area is 361 Å². The van der Waals surface area contributed by atoms with Crippen molar-refractivity contribution < 1.29 is 38.1 Å². The molecule has 0 fully saturated rings. The van der Waals surface area contributed by atoms with Crippen molar-refractivity contribution in [3.8, 4) is 35.2 Å². The molecule has 2 rings (SSSR count). The summed E-state index contributed by atoms with van der Waals surface area (Å²) in [6.45, 7) is 34.9. The molecular formula is C48H81NO8Si2. The summed E-state index contributed by atoms with van der Waals surface area (Å²) >= 11 is 0. The average molecular weight is 856 g/mol. The number of aliphatic hydroxyl groups is 1. The number of amides is 1. The molecule has 0 radical (unpaired) electrons. The maximum Gasteiger partial charge on any atom is 0.342 e. The van der Waals surface area contributed by atoms with E-state index in [0.29, 0.717) is 60.0 Å². The average Bonchev–Trinajstić information content (AvgIpc) is 3.13. The first kappa shape index (κ1) is 52.3. The molecule has 0 bridgehead atoms. The number of phenols is 1. The summed E-state index contributed by atoms with van der Waals surface area (Å²) in [5, 5.41) is 24.5. The Kier molecular flexibility index (Phi) is 20.3. The van der Waals surface area contributed by atoms with E-state index in [9.17, 15) is 19.8 Å². The van der Waals surface area contributed by atoms with Crippen molar-refractivity contribution in [2.45, 2.75) is 195 Å². The van der Waals surface area contributed by atoms with Crippen LogP contribution in [-0.4, -0.2) is 76.8 Å². The highest BCUT2D eigenvalue weighted by Gasteiger charge is 2.48. The maximum atomic E-state index is 14.5. The van der Waals surface area contributed by atoms with Gasteiger partial charge in [-0.05, 0) is 71.1 Å². The summed E-state index contributed by atoms with van der Waals surface area (Å²) < 4.78 is 26.6. The number of rotatable bonds is 17. The quantitative estimate of drug-likeness (QED) is 0.0804. The highest BCUT2D eigenvalue weighted by molar-refractivity contribution is 6.77. The van der Waals surface area contributed by atoms with Gasteiger partial charge in [-0.3, -0.25) is 4.79 Å². The summed E-state index contributed by atoms with van der Waals surface area (Å²) in [4.78, 5) is 27.1. The van der Waals surface area contributed by atoms with Crippen LogP contribution in [0.1, 0.15) is 145 Å². The highest BCUT2D eigenvalue weighted by atomic mass is 28.4. The van der Waals surface area contributed by atoms with Crippen LogP contribution in [0.5, 0.6) is 11.5 Å². The van der Waals surface area contributed by atoms with Gasteiger partial charge >= 0.3 is 5.97 Å². The summed E-state index contributed by atoms with van der Waals surface area (Å²) in [5.74, 6) is 11.8. The number of carbonyl (C=O) groups excluding carboxylic acids is 2.